The SMILES string of the molecule is CCC1=[N+](C)C=C[Si]1(C)C. The van der Waals surface area contributed by atoms with Crippen LogP contribution in [0, 0.1) is 0 Å². The molecule has 0 unspecified atom stereocenters. The largest absolute Gasteiger partial charge is 0.214 e. The monoisotopic (exact) mass is 154 g/mol. The summed E-state index contributed by atoms with van der Waals surface area (Å²) in [4.78, 5) is 0. The zero-order valence-electron chi connectivity index (χ0n) is 7.31. The molecule has 0 aliphatic carbocycles. The molecule has 10 heavy (non-hydrogen) atoms. The van der Waals surface area contributed by atoms with Gasteiger partial charge >= 0.3 is 0 Å². The highest BCUT2D eigenvalue weighted by atomic mass is 28.3. The normalized spacial score (nSPS) is 22.4. The van der Waals surface area contributed by atoms with Crippen molar-refractivity contribution in [3.63, 3.8) is 0 Å². The van der Waals surface area contributed by atoms with Crippen LogP contribution in [0.15, 0.2) is 11.9 Å². The Morgan fingerprint density at radius 3 is 2.30 bits per heavy atom. The van der Waals surface area contributed by atoms with Crippen LogP contribution in [-0.2, 0) is 0 Å². The fourth-order valence-corrected chi connectivity index (χ4v) is 4.33. The average Bonchev–Trinajstić information content (AvgIpc) is 2.07. The molecule has 0 bridgehead atoms. The van der Waals surface area contributed by atoms with Crippen LogP contribution in [0.5, 0.6) is 0 Å². The number of rotatable bonds is 1. The Kier molecular flexibility index (Phi) is 1.81. The van der Waals surface area contributed by atoms with Crippen molar-refractivity contribution in [1.29, 1.82) is 0 Å². The van der Waals surface area contributed by atoms with E-state index in [0.29, 0.717) is 0 Å². The summed E-state index contributed by atoms with van der Waals surface area (Å²) >= 11 is 0. The van der Waals surface area contributed by atoms with Gasteiger partial charge < -0.3 is 0 Å². The minimum absolute atomic E-state index is 1.07. The molecule has 1 rings (SSSR count). The van der Waals surface area contributed by atoms with Gasteiger partial charge in [-0.25, -0.2) is 4.58 Å². The van der Waals surface area contributed by atoms with E-state index in [9.17, 15) is 0 Å². The Bertz CT molecular complexity index is 201. The van der Waals surface area contributed by atoms with Crippen LogP contribution < -0.4 is 0 Å². The first kappa shape index (κ1) is 7.73. The molecule has 0 aromatic carbocycles. The maximum absolute atomic E-state index is 2.39. The second-order valence-electron chi connectivity index (χ2n) is 3.45. The fraction of sp³-hybridized carbons (Fsp3) is 0.625. The van der Waals surface area contributed by atoms with E-state index < -0.39 is 8.07 Å². The van der Waals surface area contributed by atoms with Gasteiger partial charge in [-0.15, -0.1) is 0 Å². The minimum atomic E-state index is -1.07. The van der Waals surface area contributed by atoms with Crippen molar-refractivity contribution in [1.82, 2.24) is 0 Å². The average molecular weight is 154 g/mol. The van der Waals surface area contributed by atoms with E-state index in [1.54, 1.807) is 5.33 Å². The van der Waals surface area contributed by atoms with Crippen LogP contribution in [-0.4, -0.2) is 25.0 Å². The van der Waals surface area contributed by atoms with Crippen LogP contribution in [0.25, 0.3) is 0 Å². The molecule has 2 heteroatoms. The van der Waals surface area contributed by atoms with Crippen molar-refractivity contribution in [3.8, 4) is 0 Å². The molecule has 1 heterocycles. The number of nitrogens with zero attached hydrogens (tertiary/aromatic N) is 1. The molecule has 1 aliphatic heterocycles. The lowest BCUT2D eigenvalue weighted by Crippen LogP contribution is -2.35. The molecule has 1 nitrogen and oxygen atoms in total. The number of hydrogen-bond donors (Lipinski definition) is 0. The molecule has 0 N–H and O–H groups in total. The smallest absolute Gasteiger partial charge is 0.185 e. The van der Waals surface area contributed by atoms with E-state index in [4.69, 9.17) is 0 Å². The van der Waals surface area contributed by atoms with Crippen LogP contribution in [0.1, 0.15) is 13.3 Å². The van der Waals surface area contributed by atoms with Gasteiger partial charge in [0.25, 0.3) is 0 Å². The van der Waals surface area contributed by atoms with Gasteiger partial charge in [0.05, 0.1) is 0 Å². The summed E-state index contributed by atoms with van der Waals surface area (Å²) in [5, 5.41) is 1.65. The maximum atomic E-state index is 2.39. The second kappa shape index (κ2) is 2.35. The lowest BCUT2D eigenvalue weighted by atomic mass is 10.5. The van der Waals surface area contributed by atoms with Crippen LogP contribution in [0.3, 0.4) is 0 Å². The van der Waals surface area contributed by atoms with Gasteiger partial charge in [-0.05, 0) is 5.70 Å². The molecule has 0 saturated carbocycles. The van der Waals surface area contributed by atoms with Crippen molar-refractivity contribution < 1.29 is 4.58 Å². The highest BCUT2D eigenvalue weighted by Crippen LogP contribution is 2.14. The quantitative estimate of drug-likeness (QED) is 0.400. The lowest BCUT2D eigenvalue weighted by molar-refractivity contribution is -0.418. The molecule has 0 aromatic heterocycles. The Balaban J connectivity index is 2.97. The standard InChI is InChI=1S/C8H16NSi/c1-5-8-9(2)6-7-10(8,3)4/h6-7H,5H2,1-4H3/q+1. The summed E-state index contributed by atoms with van der Waals surface area (Å²) in [5.74, 6) is 0. The molecule has 0 amide bonds. The Labute approximate surface area is 64.1 Å². The predicted octanol–water partition coefficient (Wildman–Crippen LogP) is 1.79. The van der Waals surface area contributed by atoms with Crippen molar-refractivity contribution >= 4 is 13.4 Å². The predicted molar refractivity (Wildman–Crippen MR) is 48.1 cm³/mol. The van der Waals surface area contributed by atoms with E-state index in [0.717, 1.165) is 0 Å². The first-order valence-electron chi connectivity index (χ1n) is 3.86. The van der Waals surface area contributed by atoms with Crippen molar-refractivity contribution in [2.45, 2.75) is 26.4 Å². The molecule has 1 aliphatic rings. The summed E-state index contributed by atoms with van der Waals surface area (Å²) in [7, 11) is 1.08. The van der Waals surface area contributed by atoms with Crippen molar-refractivity contribution in [3.05, 3.63) is 11.9 Å². The molecule has 0 radical (unpaired) electrons. The van der Waals surface area contributed by atoms with Crippen molar-refractivity contribution in [2.75, 3.05) is 7.05 Å². The molecule has 0 saturated heterocycles. The van der Waals surface area contributed by atoms with Crippen LogP contribution >= 0.6 is 0 Å². The maximum Gasteiger partial charge on any atom is 0.185 e. The summed E-state index contributed by atoms with van der Waals surface area (Å²) in [6, 6.07) is 0. The molecular weight excluding hydrogens is 138 g/mol. The van der Waals surface area contributed by atoms with Gasteiger partial charge in [0.2, 0.25) is 0 Å². The molecular formula is C8H16NSi+. The summed E-state index contributed by atoms with van der Waals surface area (Å²) in [5.41, 5.74) is 2.39. The lowest BCUT2D eigenvalue weighted by Gasteiger charge is -2.09. The second-order valence-corrected chi connectivity index (χ2v) is 7.80. The molecule has 56 valence electrons. The zero-order valence-corrected chi connectivity index (χ0v) is 8.31. The third-order valence-corrected chi connectivity index (χ3v) is 5.40. The van der Waals surface area contributed by atoms with Gasteiger partial charge in [-0.2, -0.15) is 0 Å². The Morgan fingerprint density at radius 1 is 1.50 bits per heavy atom. The van der Waals surface area contributed by atoms with E-state index in [2.05, 4.69) is 43.5 Å². The Morgan fingerprint density at radius 2 is 2.10 bits per heavy atom. The first-order valence-corrected chi connectivity index (χ1v) is 6.94. The van der Waals surface area contributed by atoms with Gasteiger partial charge in [-0.3, -0.25) is 0 Å². The number of hydrogen-bond acceptors (Lipinski definition) is 0. The molecule has 0 atom stereocenters. The zero-order chi connectivity index (χ0) is 7.78. The van der Waals surface area contributed by atoms with Crippen molar-refractivity contribution in [2.24, 2.45) is 0 Å². The first-order chi connectivity index (χ1) is 4.58. The van der Waals surface area contributed by atoms with E-state index in [-0.39, 0.29) is 0 Å². The van der Waals surface area contributed by atoms with Crippen LogP contribution in [0.2, 0.25) is 13.1 Å². The van der Waals surface area contributed by atoms with E-state index in [1.165, 1.54) is 6.42 Å². The van der Waals surface area contributed by atoms with Gasteiger partial charge in [0.1, 0.15) is 12.4 Å². The third kappa shape index (κ3) is 1.08. The fourth-order valence-electron chi connectivity index (χ4n) is 1.64. The Hall–Kier alpha value is -0.373. The highest BCUT2D eigenvalue weighted by molar-refractivity contribution is 7.08. The van der Waals surface area contributed by atoms with Gasteiger partial charge in [0.15, 0.2) is 14.3 Å². The summed E-state index contributed by atoms with van der Waals surface area (Å²) in [6.45, 7) is 7.03. The summed E-state index contributed by atoms with van der Waals surface area (Å²) < 4.78 is 2.28. The molecule has 0 aromatic rings. The van der Waals surface area contributed by atoms with Crippen LogP contribution in [0.4, 0.5) is 0 Å². The molecule has 0 fully saturated rings. The summed E-state index contributed by atoms with van der Waals surface area (Å²) in [6.07, 6.45) is 3.42. The minimum Gasteiger partial charge on any atom is -0.214 e. The van der Waals surface area contributed by atoms with Gasteiger partial charge in [-0.1, -0.05) is 20.0 Å². The topological polar surface area (TPSA) is 3.01 Å². The van der Waals surface area contributed by atoms with E-state index in [1.807, 2.05) is 0 Å². The van der Waals surface area contributed by atoms with E-state index >= 15 is 0 Å². The molecule has 0 spiro atoms. The third-order valence-electron chi connectivity index (χ3n) is 2.22. The van der Waals surface area contributed by atoms with Gasteiger partial charge in [0, 0.05) is 6.42 Å². The highest BCUT2D eigenvalue weighted by Gasteiger charge is 2.34.